The highest BCUT2D eigenvalue weighted by Gasteiger charge is 2.29. The molecule has 0 heterocycles. The number of carboxylic acid groups (broad SMARTS) is 1. The molecule has 0 bridgehead atoms. The van der Waals surface area contributed by atoms with E-state index in [1.54, 1.807) is 6.92 Å². The number of likely N-dealkylation sites (N-methyl/N-ethyl adjacent to an activating group) is 1. The fourth-order valence-corrected chi connectivity index (χ4v) is 1.49. The molecule has 104 valence electrons. The molecule has 0 aromatic carbocycles. The third-order valence-corrected chi connectivity index (χ3v) is 2.36. The van der Waals surface area contributed by atoms with Crippen molar-refractivity contribution in [1.29, 1.82) is 0 Å². The number of carboxylic acids is 1. The molecule has 1 unspecified atom stereocenters. The van der Waals surface area contributed by atoms with Crippen molar-refractivity contribution in [3.05, 3.63) is 0 Å². The molecule has 0 radical (unpaired) electrons. The van der Waals surface area contributed by atoms with Crippen LogP contribution in [0.4, 0.5) is 0 Å². The average Bonchev–Trinajstić information content (AvgIpc) is 2.14. The first-order valence-corrected chi connectivity index (χ1v) is 5.43. The van der Waals surface area contributed by atoms with Gasteiger partial charge in [0.15, 0.2) is 0 Å². The predicted octanol–water partition coefficient (Wildman–Crippen LogP) is -0.539. The molecule has 7 nitrogen and oxygen atoms in total. The maximum atomic E-state index is 11.7. The Morgan fingerprint density at radius 2 is 1.94 bits per heavy atom. The summed E-state index contributed by atoms with van der Waals surface area (Å²) in [5.74, 6) is -1.69. The van der Waals surface area contributed by atoms with Crippen molar-refractivity contribution in [2.45, 2.75) is 25.8 Å². The second kappa shape index (κ2) is 6.95. The van der Waals surface area contributed by atoms with Crippen LogP contribution in [0.25, 0.3) is 0 Å². The molecule has 0 fully saturated rings. The van der Waals surface area contributed by atoms with E-state index >= 15 is 0 Å². The van der Waals surface area contributed by atoms with Crippen molar-refractivity contribution in [2.75, 3.05) is 27.3 Å². The van der Waals surface area contributed by atoms with Crippen LogP contribution in [0.5, 0.6) is 0 Å². The highest BCUT2D eigenvalue weighted by Crippen LogP contribution is 2.10. The van der Waals surface area contributed by atoms with Gasteiger partial charge in [-0.2, -0.15) is 0 Å². The van der Waals surface area contributed by atoms with E-state index in [1.165, 1.54) is 26.0 Å². The van der Waals surface area contributed by atoms with Crippen molar-refractivity contribution in [3.63, 3.8) is 0 Å². The molecule has 2 N–H and O–H groups in total. The predicted molar refractivity (Wildman–Crippen MR) is 64.0 cm³/mol. The van der Waals surface area contributed by atoms with Gasteiger partial charge in [-0.15, -0.1) is 0 Å². The van der Waals surface area contributed by atoms with Crippen molar-refractivity contribution in [3.8, 4) is 0 Å². The van der Waals surface area contributed by atoms with Gasteiger partial charge in [-0.25, -0.2) is 0 Å². The van der Waals surface area contributed by atoms with Gasteiger partial charge in [-0.05, 0) is 6.92 Å². The second-order valence-electron chi connectivity index (χ2n) is 4.49. The van der Waals surface area contributed by atoms with Crippen LogP contribution >= 0.6 is 0 Å². The minimum atomic E-state index is -1.03. The van der Waals surface area contributed by atoms with Crippen LogP contribution in [0, 0.1) is 0 Å². The summed E-state index contributed by atoms with van der Waals surface area (Å²) in [4.78, 5) is 34.6. The molecule has 0 spiro atoms. The number of nitrogens with one attached hydrogen (secondary N) is 1. The zero-order chi connectivity index (χ0) is 14.3. The maximum absolute atomic E-state index is 11.7. The van der Waals surface area contributed by atoms with Crippen LogP contribution in [0.2, 0.25) is 0 Å². The first-order chi connectivity index (χ1) is 8.20. The summed E-state index contributed by atoms with van der Waals surface area (Å²) in [6.45, 7) is 2.89. The van der Waals surface area contributed by atoms with Crippen molar-refractivity contribution in [1.82, 2.24) is 10.2 Å². The van der Waals surface area contributed by atoms with Gasteiger partial charge in [0.25, 0.3) is 0 Å². The second-order valence-corrected chi connectivity index (χ2v) is 4.49. The molecular formula is C11H20N2O5. The molecule has 0 aromatic heterocycles. The Bertz CT molecular complexity index is 331. The Morgan fingerprint density at radius 1 is 1.39 bits per heavy atom. The Hall–Kier alpha value is -1.63. The van der Waals surface area contributed by atoms with Crippen LogP contribution in [0.3, 0.4) is 0 Å². The van der Waals surface area contributed by atoms with Crippen LogP contribution in [0.15, 0.2) is 0 Å². The van der Waals surface area contributed by atoms with E-state index in [2.05, 4.69) is 5.32 Å². The number of carbonyl (C=O) groups excluding carboxylic acids is 2. The SMILES string of the molecule is COCC(C)(CC(=O)O)NC(=O)CN(C)C(C)=O. The number of nitrogens with zero attached hydrogens (tertiary/aromatic N) is 1. The summed E-state index contributed by atoms with van der Waals surface area (Å²) in [5.41, 5.74) is -0.991. The molecular weight excluding hydrogens is 240 g/mol. The minimum absolute atomic E-state index is 0.0782. The highest BCUT2D eigenvalue weighted by atomic mass is 16.5. The first-order valence-electron chi connectivity index (χ1n) is 5.43. The van der Waals surface area contributed by atoms with Gasteiger partial charge in [0, 0.05) is 21.1 Å². The number of methoxy groups -OCH3 is 1. The number of aliphatic carboxylic acids is 1. The molecule has 2 amide bonds. The summed E-state index contributed by atoms with van der Waals surface area (Å²) in [7, 11) is 2.92. The van der Waals surface area contributed by atoms with Crippen LogP contribution in [0.1, 0.15) is 20.3 Å². The molecule has 18 heavy (non-hydrogen) atoms. The van der Waals surface area contributed by atoms with E-state index in [4.69, 9.17) is 9.84 Å². The van der Waals surface area contributed by atoms with Crippen LogP contribution < -0.4 is 5.32 Å². The van der Waals surface area contributed by atoms with E-state index in [-0.39, 0.29) is 25.5 Å². The lowest BCUT2D eigenvalue weighted by molar-refractivity contribution is -0.140. The average molecular weight is 260 g/mol. The summed E-state index contributed by atoms with van der Waals surface area (Å²) in [6, 6.07) is 0. The molecule has 0 saturated carbocycles. The largest absolute Gasteiger partial charge is 0.481 e. The lowest BCUT2D eigenvalue weighted by Crippen LogP contribution is -2.53. The lowest BCUT2D eigenvalue weighted by Gasteiger charge is -2.29. The standard InChI is InChI=1S/C11H20N2O5/c1-8(14)13(3)6-9(15)12-11(2,7-18-4)5-10(16)17/h5-7H2,1-4H3,(H,12,15)(H,16,17). The minimum Gasteiger partial charge on any atom is -0.481 e. The zero-order valence-corrected chi connectivity index (χ0v) is 11.1. The molecule has 0 aliphatic carbocycles. The van der Waals surface area contributed by atoms with E-state index in [9.17, 15) is 14.4 Å². The number of amides is 2. The fourth-order valence-electron chi connectivity index (χ4n) is 1.49. The van der Waals surface area contributed by atoms with Gasteiger partial charge in [-0.3, -0.25) is 14.4 Å². The third-order valence-electron chi connectivity index (χ3n) is 2.36. The summed E-state index contributed by atoms with van der Waals surface area (Å²) in [6.07, 6.45) is -0.254. The molecule has 0 aromatic rings. The molecule has 7 heteroatoms. The van der Waals surface area contributed by atoms with Gasteiger partial charge in [0.05, 0.1) is 25.1 Å². The molecule has 0 aliphatic rings. The van der Waals surface area contributed by atoms with Gasteiger partial charge in [-0.1, -0.05) is 0 Å². The Kier molecular flexibility index (Phi) is 6.32. The van der Waals surface area contributed by atoms with Crippen molar-refractivity contribution >= 4 is 17.8 Å². The normalized spacial score (nSPS) is 13.6. The molecule has 0 rings (SSSR count). The fraction of sp³-hybridized carbons (Fsp3) is 0.727. The van der Waals surface area contributed by atoms with Gasteiger partial charge in [0.2, 0.25) is 11.8 Å². The van der Waals surface area contributed by atoms with Gasteiger partial charge < -0.3 is 20.1 Å². The zero-order valence-electron chi connectivity index (χ0n) is 11.1. The summed E-state index contributed by atoms with van der Waals surface area (Å²) >= 11 is 0. The quantitative estimate of drug-likeness (QED) is 0.641. The number of carbonyl (C=O) groups is 3. The molecule has 0 aliphatic heterocycles. The van der Waals surface area contributed by atoms with E-state index in [0.717, 1.165) is 0 Å². The Morgan fingerprint density at radius 3 is 2.33 bits per heavy atom. The third kappa shape index (κ3) is 6.19. The van der Waals surface area contributed by atoms with E-state index in [1.807, 2.05) is 0 Å². The van der Waals surface area contributed by atoms with Crippen molar-refractivity contribution < 1.29 is 24.2 Å². The van der Waals surface area contributed by atoms with E-state index in [0.29, 0.717) is 0 Å². The van der Waals surface area contributed by atoms with Crippen LogP contribution in [-0.2, 0) is 19.1 Å². The first kappa shape index (κ1) is 16.4. The highest BCUT2D eigenvalue weighted by molar-refractivity contribution is 5.84. The monoisotopic (exact) mass is 260 g/mol. The van der Waals surface area contributed by atoms with E-state index < -0.39 is 17.4 Å². The Balaban J connectivity index is 4.53. The van der Waals surface area contributed by atoms with Gasteiger partial charge in [0.1, 0.15) is 0 Å². The number of hydrogen-bond donors (Lipinski definition) is 2. The molecule has 1 atom stereocenters. The number of rotatable bonds is 7. The summed E-state index contributed by atoms with van der Waals surface area (Å²) in [5, 5.41) is 11.4. The lowest BCUT2D eigenvalue weighted by atomic mass is 9.99. The van der Waals surface area contributed by atoms with Gasteiger partial charge >= 0.3 is 5.97 Å². The summed E-state index contributed by atoms with van der Waals surface area (Å²) < 4.78 is 4.90. The number of hydrogen-bond acceptors (Lipinski definition) is 4. The smallest absolute Gasteiger partial charge is 0.305 e. The molecule has 0 saturated heterocycles. The van der Waals surface area contributed by atoms with Crippen LogP contribution in [-0.4, -0.2) is 60.6 Å². The number of ether oxygens (including phenoxy) is 1. The van der Waals surface area contributed by atoms with Crippen molar-refractivity contribution in [2.24, 2.45) is 0 Å². The maximum Gasteiger partial charge on any atom is 0.305 e. The Labute approximate surface area is 106 Å². The topological polar surface area (TPSA) is 95.9 Å².